The number of allylic oxidation sites excluding steroid dienone is 1. The van der Waals surface area contributed by atoms with Gasteiger partial charge in [0, 0.05) is 31.6 Å². The largest absolute Gasteiger partial charge is 0.295 e. The molecule has 3 nitrogen and oxygen atoms in total. The van der Waals surface area contributed by atoms with Gasteiger partial charge in [-0.2, -0.15) is 0 Å². The minimum absolute atomic E-state index is 0.207. The lowest BCUT2D eigenvalue weighted by atomic mass is 10.2. The van der Waals surface area contributed by atoms with E-state index in [1.54, 1.807) is 6.08 Å². The quantitative estimate of drug-likeness (QED) is 0.613. The molecule has 12 heavy (non-hydrogen) atoms. The second kappa shape index (κ2) is 2.85. The molecule has 0 N–H and O–H groups in total. The van der Waals surface area contributed by atoms with Crippen molar-refractivity contribution in [2.75, 3.05) is 11.6 Å². The van der Waals surface area contributed by atoms with Crippen LogP contribution in [0.3, 0.4) is 0 Å². The summed E-state index contributed by atoms with van der Waals surface area (Å²) >= 11 is 0. The van der Waals surface area contributed by atoms with Gasteiger partial charge in [0.05, 0.1) is 0 Å². The number of aromatic nitrogens is 1. The van der Waals surface area contributed by atoms with Gasteiger partial charge in [0.1, 0.15) is 0 Å². The molecule has 0 atom stereocenters. The van der Waals surface area contributed by atoms with Gasteiger partial charge >= 0.3 is 0 Å². The smallest absolute Gasteiger partial charge is 0.159 e. The third-order valence-corrected chi connectivity index (χ3v) is 1.91. The van der Waals surface area contributed by atoms with Gasteiger partial charge in [-0.1, -0.05) is 0 Å². The zero-order valence-electron chi connectivity index (χ0n) is 6.68. The first-order valence-corrected chi connectivity index (χ1v) is 3.97. The van der Waals surface area contributed by atoms with Crippen molar-refractivity contribution in [3.8, 4) is 0 Å². The summed E-state index contributed by atoms with van der Waals surface area (Å²) in [5.41, 5.74) is 0. The maximum absolute atomic E-state index is 10.9. The number of rotatable bonds is 1. The molecule has 0 fully saturated rings. The Morgan fingerprint density at radius 1 is 1.25 bits per heavy atom. The van der Waals surface area contributed by atoms with Gasteiger partial charge < -0.3 is 0 Å². The lowest BCUT2D eigenvalue weighted by Crippen LogP contribution is -2.32. The fourth-order valence-electron chi connectivity index (χ4n) is 1.24. The SMILES string of the molecule is O=C1C=CN(n2cccc2)CC1. The van der Waals surface area contributed by atoms with Gasteiger partial charge in [0.25, 0.3) is 0 Å². The van der Waals surface area contributed by atoms with E-state index in [4.69, 9.17) is 0 Å². The molecule has 0 saturated carbocycles. The second-order valence-corrected chi connectivity index (χ2v) is 2.76. The second-order valence-electron chi connectivity index (χ2n) is 2.76. The summed E-state index contributed by atoms with van der Waals surface area (Å²) in [6.45, 7) is 0.768. The highest BCUT2D eigenvalue weighted by molar-refractivity contribution is 5.91. The lowest BCUT2D eigenvalue weighted by molar-refractivity contribution is -0.114. The van der Waals surface area contributed by atoms with Crippen LogP contribution < -0.4 is 5.01 Å². The molecule has 62 valence electrons. The van der Waals surface area contributed by atoms with E-state index < -0.39 is 0 Å². The minimum Gasteiger partial charge on any atom is -0.295 e. The molecule has 0 unspecified atom stereocenters. The molecule has 2 heterocycles. The molecule has 0 aliphatic carbocycles. The van der Waals surface area contributed by atoms with E-state index in [9.17, 15) is 4.79 Å². The van der Waals surface area contributed by atoms with Crippen LogP contribution in [0.1, 0.15) is 6.42 Å². The molecular weight excluding hydrogens is 152 g/mol. The third-order valence-electron chi connectivity index (χ3n) is 1.91. The van der Waals surface area contributed by atoms with Gasteiger partial charge in [-0.3, -0.25) is 14.5 Å². The predicted molar refractivity (Wildman–Crippen MR) is 46.3 cm³/mol. The van der Waals surface area contributed by atoms with E-state index in [0.717, 1.165) is 6.54 Å². The summed E-state index contributed by atoms with van der Waals surface area (Å²) in [7, 11) is 0. The summed E-state index contributed by atoms with van der Waals surface area (Å²) < 4.78 is 1.96. The summed E-state index contributed by atoms with van der Waals surface area (Å²) in [6, 6.07) is 3.93. The van der Waals surface area contributed by atoms with Crippen LogP contribution >= 0.6 is 0 Å². The van der Waals surface area contributed by atoms with Crippen molar-refractivity contribution >= 4 is 5.78 Å². The summed E-state index contributed by atoms with van der Waals surface area (Å²) in [5.74, 6) is 0.207. The zero-order valence-corrected chi connectivity index (χ0v) is 6.68. The number of hydrogen-bond donors (Lipinski definition) is 0. The van der Waals surface area contributed by atoms with Gasteiger partial charge in [-0.15, -0.1) is 0 Å². The maximum atomic E-state index is 10.9. The summed E-state index contributed by atoms with van der Waals surface area (Å²) in [4.78, 5) is 10.9. The average Bonchev–Trinajstić information content (AvgIpc) is 2.58. The van der Waals surface area contributed by atoms with Crippen molar-refractivity contribution in [3.05, 3.63) is 36.8 Å². The van der Waals surface area contributed by atoms with Gasteiger partial charge in [0.15, 0.2) is 5.78 Å². The number of hydrogen-bond acceptors (Lipinski definition) is 2. The van der Waals surface area contributed by atoms with Crippen molar-refractivity contribution in [1.29, 1.82) is 0 Å². The standard InChI is InChI=1S/C9H10N2O/c12-9-3-7-11(8-4-9)10-5-1-2-6-10/h1-3,5-7H,4,8H2. The molecule has 2 rings (SSSR count). The average molecular weight is 162 g/mol. The monoisotopic (exact) mass is 162 g/mol. The molecule has 3 heteroatoms. The van der Waals surface area contributed by atoms with Crippen molar-refractivity contribution in [2.45, 2.75) is 6.42 Å². The Morgan fingerprint density at radius 2 is 2.00 bits per heavy atom. The zero-order chi connectivity index (χ0) is 8.39. The van der Waals surface area contributed by atoms with E-state index in [0.29, 0.717) is 6.42 Å². The number of ketones is 1. The highest BCUT2D eigenvalue weighted by atomic mass is 16.1. The Morgan fingerprint density at radius 3 is 2.58 bits per heavy atom. The van der Waals surface area contributed by atoms with Crippen LogP contribution in [0.4, 0.5) is 0 Å². The van der Waals surface area contributed by atoms with Crippen molar-refractivity contribution < 1.29 is 4.79 Å². The molecule has 1 aromatic rings. The van der Waals surface area contributed by atoms with Crippen molar-refractivity contribution in [2.24, 2.45) is 0 Å². The van der Waals surface area contributed by atoms with Crippen LogP contribution in [0.15, 0.2) is 36.8 Å². The molecule has 0 radical (unpaired) electrons. The van der Waals surface area contributed by atoms with Gasteiger partial charge in [0.2, 0.25) is 0 Å². The highest BCUT2D eigenvalue weighted by Crippen LogP contribution is 2.02. The van der Waals surface area contributed by atoms with E-state index in [2.05, 4.69) is 0 Å². The lowest BCUT2D eigenvalue weighted by Gasteiger charge is -2.23. The highest BCUT2D eigenvalue weighted by Gasteiger charge is 2.08. The van der Waals surface area contributed by atoms with E-state index in [1.807, 2.05) is 40.4 Å². The maximum Gasteiger partial charge on any atom is 0.159 e. The minimum atomic E-state index is 0.207. The molecule has 0 amide bonds. The van der Waals surface area contributed by atoms with Gasteiger partial charge in [-0.05, 0) is 18.2 Å². The fourth-order valence-corrected chi connectivity index (χ4v) is 1.24. The first-order valence-electron chi connectivity index (χ1n) is 3.97. The van der Waals surface area contributed by atoms with Gasteiger partial charge in [-0.25, -0.2) is 0 Å². The first-order chi connectivity index (χ1) is 5.86. The summed E-state index contributed by atoms with van der Waals surface area (Å²) in [5, 5.41) is 2.00. The Hall–Kier alpha value is -1.51. The van der Waals surface area contributed by atoms with Crippen LogP contribution in [0.2, 0.25) is 0 Å². The molecule has 0 bridgehead atoms. The number of nitrogens with zero attached hydrogens (tertiary/aromatic N) is 2. The normalized spacial score (nSPS) is 17.0. The Kier molecular flexibility index (Phi) is 1.70. The van der Waals surface area contributed by atoms with E-state index in [1.165, 1.54) is 0 Å². The number of carbonyl (C=O) groups is 1. The van der Waals surface area contributed by atoms with E-state index in [-0.39, 0.29) is 5.78 Å². The molecule has 0 spiro atoms. The van der Waals surface area contributed by atoms with E-state index >= 15 is 0 Å². The number of carbonyl (C=O) groups excluding carboxylic acids is 1. The van der Waals surface area contributed by atoms with Crippen LogP contribution in [0, 0.1) is 0 Å². The van der Waals surface area contributed by atoms with Crippen LogP contribution in [-0.2, 0) is 4.79 Å². The topological polar surface area (TPSA) is 25.2 Å². The Labute approximate surface area is 70.9 Å². The predicted octanol–water partition coefficient (Wildman–Crippen LogP) is 0.913. The third kappa shape index (κ3) is 1.25. The molecule has 1 aliphatic heterocycles. The molecule has 1 aromatic heterocycles. The van der Waals surface area contributed by atoms with Crippen molar-refractivity contribution in [1.82, 2.24) is 4.68 Å². The molecule has 0 saturated heterocycles. The molecule has 0 aromatic carbocycles. The molecular formula is C9H10N2O. The summed E-state index contributed by atoms with van der Waals surface area (Å²) in [6.07, 6.45) is 7.95. The molecule has 1 aliphatic rings. The fraction of sp³-hybridized carbons (Fsp3) is 0.222. The van der Waals surface area contributed by atoms with Crippen LogP contribution in [-0.4, -0.2) is 17.0 Å². The van der Waals surface area contributed by atoms with Crippen LogP contribution in [0.25, 0.3) is 0 Å². The van der Waals surface area contributed by atoms with Crippen molar-refractivity contribution in [3.63, 3.8) is 0 Å². The van der Waals surface area contributed by atoms with Crippen LogP contribution in [0.5, 0.6) is 0 Å². The Balaban J connectivity index is 2.17. The first kappa shape index (κ1) is 7.16. The Bertz CT molecular complexity index is 300.